The molecule has 0 radical (unpaired) electrons. The molecule has 1 aliphatic heterocycles. The van der Waals surface area contributed by atoms with Crippen molar-refractivity contribution in [2.75, 3.05) is 13.1 Å². The average Bonchev–Trinajstić information content (AvgIpc) is 3.43. The first-order valence-electron chi connectivity index (χ1n) is 10.8. The predicted molar refractivity (Wildman–Crippen MR) is 119 cm³/mol. The zero-order chi connectivity index (χ0) is 21.4. The number of amides is 1. The molecule has 0 saturated carbocycles. The van der Waals surface area contributed by atoms with E-state index in [0.717, 1.165) is 43.7 Å². The molecule has 4 aromatic rings. The smallest absolute Gasteiger partial charge is 0.276 e. The van der Waals surface area contributed by atoms with Crippen molar-refractivity contribution >= 4 is 16.9 Å². The second-order valence-electron chi connectivity index (χ2n) is 8.41. The first kappa shape index (κ1) is 19.5. The van der Waals surface area contributed by atoms with Crippen LogP contribution in [-0.2, 0) is 6.54 Å². The monoisotopic (exact) mass is 414 g/mol. The van der Waals surface area contributed by atoms with Crippen LogP contribution in [0.3, 0.4) is 0 Å². The molecule has 3 heterocycles. The van der Waals surface area contributed by atoms with Crippen LogP contribution in [0.15, 0.2) is 55.0 Å². The summed E-state index contributed by atoms with van der Waals surface area (Å²) in [6.07, 6.45) is 5.46. The van der Waals surface area contributed by atoms with Crippen LogP contribution < -0.4 is 0 Å². The number of benzene rings is 2. The molecule has 31 heavy (non-hydrogen) atoms. The summed E-state index contributed by atoms with van der Waals surface area (Å²) in [5.74, 6) is 0.489. The largest absolute Gasteiger partial charge is 0.337 e. The lowest BCUT2D eigenvalue weighted by Gasteiger charge is -2.31. The summed E-state index contributed by atoms with van der Waals surface area (Å²) in [5, 5.41) is 8.64. The molecule has 0 spiro atoms. The maximum Gasteiger partial charge on any atom is 0.276 e. The molecule has 5 rings (SSSR count). The van der Waals surface area contributed by atoms with Crippen LogP contribution in [0, 0.1) is 19.8 Å². The van der Waals surface area contributed by atoms with Crippen LogP contribution in [0.25, 0.3) is 16.7 Å². The van der Waals surface area contributed by atoms with Crippen LogP contribution in [-0.4, -0.2) is 48.4 Å². The van der Waals surface area contributed by atoms with Crippen molar-refractivity contribution in [1.82, 2.24) is 29.4 Å². The van der Waals surface area contributed by atoms with Gasteiger partial charge < -0.3 is 9.47 Å². The van der Waals surface area contributed by atoms with Crippen molar-refractivity contribution in [2.45, 2.75) is 33.2 Å². The zero-order valence-electron chi connectivity index (χ0n) is 17.9. The summed E-state index contributed by atoms with van der Waals surface area (Å²) in [6, 6.07) is 14.0. The Balaban J connectivity index is 1.22. The minimum atomic E-state index is -0.0418. The van der Waals surface area contributed by atoms with E-state index in [0.29, 0.717) is 11.6 Å². The average molecular weight is 415 g/mol. The van der Waals surface area contributed by atoms with Crippen molar-refractivity contribution < 1.29 is 4.79 Å². The van der Waals surface area contributed by atoms with E-state index in [2.05, 4.69) is 45.7 Å². The number of hydrogen-bond acceptors (Lipinski definition) is 4. The van der Waals surface area contributed by atoms with Crippen LogP contribution in [0.2, 0.25) is 0 Å². The Morgan fingerprint density at radius 1 is 1.06 bits per heavy atom. The van der Waals surface area contributed by atoms with E-state index in [4.69, 9.17) is 0 Å². The molecule has 1 aliphatic rings. The molecule has 0 bridgehead atoms. The van der Waals surface area contributed by atoms with E-state index >= 15 is 0 Å². The Morgan fingerprint density at radius 2 is 1.81 bits per heavy atom. The van der Waals surface area contributed by atoms with Gasteiger partial charge in [0.25, 0.3) is 5.91 Å². The van der Waals surface area contributed by atoms with Gasteiger partial charge in [-0.1, -0.05) is 18.2 Å². The van der Waals surface area contributed by atoms with Crippen LogP contribution in [0.1, 0.15) is 34.5 Å². The Bertz CT molecular complexity index is 1220. The summed E-state index contributed by atoms with van der Waals surface area (Å²) < 4.78 is 2.26. The molecule has 0 unspecified atom stereocenters. The molecule has 0 aliphatic carbocycles. The molecule has 1 amide bonds. The third-order valence-corrected chi connectivity index (χ3v) is 6.29. The van der Waals surface area contributed by atoms with E-state index < -0.39 is 0 Å². The van der Waals surface area contributed by atoms with Gasteiger partial charge in [0.05, 0.1) is 29.2 Å². The fourth-order valence-electron chi connectivity index (χ4n) is 4.26. The molecule has 1 saturated heterocycles. The van der Waals surface area contributed by atoms with Crippen LogP contribution >= 0.6 is 0 Å². The fraction of sp³-hybridized carbons (Fsp3) is 0.333. The van der Waals surface area contributed by atoms with Gasteiger partial charge >= 0.3 is 0 Å². The number of para-hydroxylation sites is 1. The molecule has 2 aromatic carbocycles. The van der Waals surface area contributed by atoms with Crippen molar-refractivity contribution in [2.24, 2.45) is 5.92 Å². The van der Waals surface area contributed by atoms with Gasteiger partial charge in [-0.25, -0.2) is 4.98 Å². The number of aromatic nitrogens is 5. The Labute approximate surface area is 181 Å². The SMILES string of the molecule is Cc1cc2ncn(CC3CCN(C(=O)c4cnn(-c5ccccc5)n4)CC3)c2cc1C. The number of aryl methyl sites for hydroxylation is 2. The van der Waals surface area contributed by atoms with E-state index in [1.807, 2.05) is 41.6 Å². The Hall–Kier alpha value is -3.48. The fourth-order valence-corrected chi connectivity index (χ4v) is 4.26. The highest BCUT2D eigenvalue weighted by atomic mass is 16.2. The first-order valence-corrected chi connectivity index (χ1v) is 10.8. The maximum absolute atomic E-state index is 12.9. The van der Waals surface area contributed by atoms with E-state index in [-0.39, 0.29) is 5.91 Å². The van der Waals surface area contributed by atoms with Crippen molar-refractivity contribution in [1.29, 1.82) is 0 Å². The topological polar surface area (TPSA) is 68.8 Å². The lowest BCUT2D eigenvalue weighted by molar-refractivity contribution is 0.0677. The van der Waals surface area contributed by atoms with Crippen molar-refractivity contribution in [3.63, 3.8) is 0 Å². The molecule has 0 N–H and O–H groups in total. The maximum atomic E-state index is 12.9. The number of carbonyl (C=O) groups excluding carboxylic acids is 1. The number of piperidine rings is 1. The molecule has 0 atom stereocenters. The highest BCUT2D eigenvalue weighted by Gasteiger charge is 2.26. The first-order chi connectivity index (χ1) is 15.1. The Morgan fingerprint density at radius 3 is 2.58 bits per heavy atom. The highest BCUT2D eigenvalue weighted by Crippen LogP contribution is 2.24. The number of likely N-dealkylation sites (tertiary alicyclic amines) is 1. The van der Waals surface area contributed by atoms with Gasteiger partial charge in [0.1, 0.15) is 0 Å². The van der Waals surface area contributed by atoms with E-state index in [9.17, 15) is 4.79 Å². The third-order valence-electron chi connectivity index (χ3n) is 6.29. The van der Waals surface area contributed by atoms with Crippen molar-refractivity contribution in [3.05, 3.63) is 71.8 Å². The third kappa shape index (κ3) is 3.83. The minimum absolute atomic E-state index is 0.0418. The number of rotatable bonds is 4. The van der Waals surface area contributed by atoms with Gasteiger partial charge in [-0.2, -0.15) is 9.90 Å². The van der Waals surface area contributed by atoms with E-state index in [1.165, 1.54) is 21.4 Å². The summed E-state index contributed by atoms with van der Waals surface area (Å²) in [5.41, 5.74) is 6.05. The number of carbonyl (C=O) groups is 1. The minimum Gasteiger partial charge on any atom is -0.337 e. The molecule has 7 nitrogen and oxygen atoms in total. The summed E-state index contributed by atoms with van der Waals surface area (Å²) >= 11 is 0. The van der Waals surface area contributed by atoms with Gasteiger partial charge in [0.2, 0.25) is 0 Å². The van der Waals surface area contributed by atoms with Gasteiger partial charge in [0, 0.05) is 19.6 Å². The lowest BCUT2D eigenvalue weighted by atomic mass is 9.96. The summed E-state index contributed by atoms with van der Waals surface area (Å²) in [4.78, 5) is 20.9. The van der Waals surface area contributed by atoms with Crippen molar-refractivity contribution in [3.8, 4) is 5.69 Å². The van der Waals surface area contributed by atoms with E-state index in [1.54, 1.807) is 6.20 Å². The molecule has 158 valence electrons. The number of hydrogen-bond donors (Lipinski definition) is 0. The second-order valence-corrected chi connectivity index (χ2v) is 8.41. The highest BCUT2D eigenvalue weighted by molar-refractivity contribution is 5.92. The number of imidazole rings is 1. The van der Waals surface area contributed by atoms with Gasteiger partial charge in [0.15, 0.2) is 5.69 Å². The number of nitrogens with zero attached hydrogens (tertiary/aromatic N) is 6. The molecule has 2 aromatic heterocycles. The number of fused-ring (bicyclic) bond motifs is 1. The molecular formula is C24H26N6O. The quantitative estimate of drug-likeness (QED) is 0.510. The summed E-state index contributed by atoms with van der Waals surface area (Å²) in [6.45, 7) is 6.69. The normalized spacial score (nSPS) is 15.0. The van der Waals surface area contributed by atoms with Gasteiger partial charge in [-0.15, -0.1) is 5.10 Å². The second kappa shape index (κ2) is 7.98. The standard InChI is InChI=1S/C24H26N6O/c1-17-12-21-23(13-18(17)2)29(16-25-21)15-19-8-10-28(11-9-19)24(31)22-14-26-30(27-22)20-6-4-3-5-7-20/h3-7,12-14,16,19H,8-11,15H2,1-2H3. The van der Waals surface area contributed by atoms with Gasteiger partial charge in [-0.3, -0.25) is 4.79 Å². The molecular weight excluding hydrogens is 388 g/mol. The van der Waals surface area contributed by atoms with Crippen LogP contribution in [0.4, 0.5) is 0 Å². The zero-order valence-corrected chi connectivity index (χ0v) is 17.9. The summed E-state index contributed by atoms with van der Waals surface area (Å²) in [7, 11) is 0. The van der Waals surface area contributed by atoms with Crippen LogP contribution in [0.5, 0.6) is 0 Å². The lowest BCUT2D eigenvalue weighted by Crippen LogP contribution is -2.39. The predicted octanol–water partition coefficient (Wildman–Crippen LogP) is 3.79. The molecule has 7 heteroatoms. The van der Waals surface area contributed by atoms with Gasteiger partial charge in [-0.05, 0) is 68.0 Å². The molecule has 1 fully saturated rings. The Kier molecular flexibility index (Phi) is 5.02.